The molecule has 0 saturated carbocycles. The van der Waals surface area contributed by atoms with Crippen LogP contribution in [0, 0.1) is 0 Å². The Morgan fingerprint density at radius 1 is 1.17 bits per heavy atom. The van der Waals surface area contributed by atoms with Crippen LogP contribution in [0.3, 0.4) is 0 Å². The van der Waals surface area contributed by atoms with E-state index in [0.29, 0.717) is 0 Å². The second kappa shape index (κ2) is 3.47. The summed E-state index contributed by atoms with van der Waals surface area (Å²) in [5, 5.41) is -0.0779. The van der Waals surface area contributed by atoms with E-state index in [-0.39, 0.29) is 11.5 Å². The monoisotopic (exact) mass is 220 g/mol. The van der Waals surface area contributed by atoms with Gasteiger partial charge in [0.25, 0.3) is 10.1 Å². The van der Waals surface area contributed by atoms with Gasteiger partial charge < -0.3 is 0 Å². The lowest BCUT2D eigenvalue weighted by Gasteiger charge is -1.95. The average molecular weight is 220 g/mol. The van der Waals surface area contributed by atoms with Gasteiger partial charge in [-0.2, -0.15) is 16.8 Å². The first kappa shape index (κ1) is 11.5. The SMILES string of the molecule is O=S(=O)(O)/C=C/C(F)S(=O)(=O)O. The minimum Gasteiger partial charge on any atom is -0.283 e. The summed E-state index contributed by atoms with van der Waals surface area (Å²) in [4.78, 5) is 0. The highest BCUT2D eigenvalue weighted by molar-refractivity contribution is 7.89. The number of hydrogen-bond acceptors (Lipinski definition) is 4. The van der Waals surface area contributed by atoms with E-state index >= 15 is 0 Å². The van der Waals surface area contributed by atoms with Gasteiger partial charge in [-0.1, -0.05) is 0 Å². The van der Waals surface area contributed by atoms with E-state index in [4.69, 9.17) is 9.11 Å². The second-order valence-corrected chi connectivity index (χ2v) is 4.49. The van der Waals surface area contributed by atoms with Crippen LogP contribution in [-0.4, -0.2) is 31.4 Å². The Balaban J connectivity index is 4.62. The molecule has 0 heterocycles. The zero-order chi connectivity index (χ0) is 9.99. The maximum Gasteiger partial charge on any atom is 0.301 e. The molecule has 1 atom stereocenters. The maximum absolute atomic E-state index is 12.1. The second-order valence-electron chi connectivity index (χ2n) is 1.71. The van der Waals surface area contributed by atoms with E-state index in [1.165, 1.54) is 0 Å². The molecule has 0 aliphatic rings. The van der Waals surface area contributed by atoms with Gasteiger partial charge in [0.1, 0.15) is 0 Å². The average Bonchev–Trinajstić information content (AvgIpc) is 1.78. The fraction of sp³-hybridized carbons (Fsp3) is 0.333. The molecule has 0 aliphatic carbocycles. The molecule has 0 rings (SSSR count). The molecule has 2 N–H and O–H groups in total. The van der Waals surface area contributed by atoms with Crippen molar-refractivity contribution in [2.24, 2.45) is 0 Å². The lowest BCUT2D eigenvalue weighted by Crippen LogP contribution is -2.12. The van der Waals surface area contributed by atoms with Gasteiger partial charge in [-0.05, 0) is 6.08 Å². The third-order valence-corrected chi connectivity index (χ3v) is 1.91. The smallest absolute Gasteiger partial charge is 0.283 e. The predicted molar refractivity (Wildman–Crippen MR) is 37.1 cm³/mol. The van der Waals surface area contributed by atoms with Crippen LogP contribution >= 0.6 is 0 Å². The molecule has 6 nitrogen and oxygen atoms in total. The highest BCUT2D eigenvalue weighted by atomic mass is 32.2. The van der Waals surface area contributed by atoms with Gasteiger partial charge in [0.15, 0.2) is 0 Å². The molecule has 72 valence electrons. The standard InChI is InChI=1S/C3H5FO6S2/c4-3(12(8,9)10)1-2-11(5,6)7/h1-3H,(H,5,6,7)(H,8,9,10)/b2-1+. The molecule has 0 aromatic carbocycles. The predicted octanol–water partition coefficient (Wildman–Crippen LogP) is -0.429. The summed E-state index contributed by atoms with van der Waals surface area (Å²) in [6.07, 6.45) is -0.00926. The van der Waals surface area contributed by atoms with Crippen molar-refractivity contribution in [1.82, 2.24) is 0 Å². The summed E-state index contributed by atoms with van der Waals surface area (Å²) in [6, 6.07) is 0. The summed E-state index contributed by atoms with van der Waals surface area (Å²) >= 11 is 0. The van der Waals surface area contributed by atoms with Crippen molar-refractivity contribution in [3.8, 4) is 0 Å². The molecule has 0 bridgehead atoms. The van der Waals surface area contributed by atoms with Crippen LogP contribution in [0.1, 0.15) is 0 Å². The molecule has 0 fully saturated rings. The van der Waals surface area contributed by atoms with Crippen molar-refractivity contribution in [1.29, 1.82) is 0 Å². The molecular formula is C3H5FO6S2. The van der Waals surface area contributed by atoms with Gasteiger partial charge in [0.2, 0.25) is 5.50 Å². The quantitative estimate of drug-likeness (QED) is 0.625. The fourth-order valence-corrected chi connectivity index (χ4v) is 0.973. The molecule has 12 heavy (non-hydrogen) atoms. The maximum atomic E-state index is 12.1. The first-order chi connectivity index (χ1) is 5.13. The highest BCUT2D eigenvalue weighted by Gasteiger charge is 2.18. The largest absolute Gasteiger partial charge is 0.301 e. The van der Waals surface area contributed by atoms with Crippen molar-refractivity contribution < 1.29 is 30.3 Å². The van der Waals surface area contributed by atoms with Crippen LogP contribution in [0.5, 0.6) is 0 Å². The van der Waals surface area contributed by atoms with E-state index in [1.807, 2.05) is 0 Å². The Hall–Kier alpha value is -0.510. The van der Waals surface area contributed by atoms with Crippen molar-refractivity contribution in [3.05, 3.63) is 11.5 Å². The van der Waals surface area contributed by atoms with Gasteiger partial charge >= 0.3 is 10.1 Å². The molecule has 0 aromatic heterocycles. The number of halogens is 1. The van der Waals surface area contributed by atoms with E-state index < -0.39 is 25.7 Å². The van der Waals surface area contributed by atoms with Crippen LogP contribution < -0.4 is 0 Å². The lowest BCUT2D eigenvalue weighted by molar-refractivity contribution is 0.410. The van der Waals surface area contributed by atoms with Gasteiger partial charge in [0, 0.05) is 0 Å². The zero-order valence-corrected chi connectivity index (χ0v) is 7.09. The van der Waals surface area contributed by atoms with Crippen molar-refractivity contribution in [2.75, 3.05) is 0 Å². The molecule has 9 heteroatoms. The van der Waals surface area contributed by atoms with Crippen molar-refractivity contribution >= 4 is 20.2 Å². The van der Waals surface area contributed by atoms with Gasteiger partial charge in [-0.25, -0.2) is 4.39 Å². The van der Waals surface area contributed by atoms with Crippen LogP contribution in [0.4, 0.5) is 4.39 Å². The van der Waals surface area contributed by atoms with Crippen molar-refractivity contribution in [3.63, 3.8) is 0 Å². The molecule has 0 aromatic rings. The first-order valence-electron chi connectivity index (χ1n) is 2.39. The van der Waals surface area contributed by atoms with Crippen LogP contribution in [0.15, 0.2) is 11.5 Å². The number of alkyl halides is 1. The molecular weight excluding hydrogens is 215 g/mol. The summed E-state index contributed by atoms with van der Waals surface area (Å²) in [5.74, 6) is 0. The third kappa shape index (κ3) is 5.18. The fourth-order valence-electron chi connectivity index (χ4n) is 0.260. The lowest BCUT2D eigenvalue weighted by atomic mass is 10.7. The van der Waals surface area contributed by atoms with Gasteiger partial charge in [0.05, 0.1) is 5.41 Å². The van der Waals surface area contributed by atoms with E-state index in [1.54, 1.807) is 0 Å². The highest BCUT2D eigenvalue weighted by Crippen LogP contribution is 2.02. The zero-order valence-electron chi connectivity index (χ0n) is 5.45. The summed E-state index contributed by atoms with van der Waals surface area (Å²) in [7, 11) is -9.53. The van der Waals surface area contributed by atoms with Gasteiger partial charge in [-0.15, -0.1) is 0 Å². The van der Waals surface area contributed by atoms with E-state index in [0.717, 1.165) is 0 Å². The molecule has 0 saturated heterocycles. The van der Waals surface area contributed by atoms with Crippen LogP contribution in [-0.2, 0) is 20.2 Å². The molecule has 0 radical (unpaired) electrons. The minimum absolute atomic E-state index is 0.00926. The normalized spacial score (nSPS) is 16.6. The summed E-state index contributed by atoms with van der Waals surface area (Å²) in [6.45, 7) is 0. The van der Waals surface area contributed by atoms with Crippen LogP contribution in [0.2, 0.25) is 0 Å². The Kier molecular flexibility index (Phi) is 3.33. The Morgan fingerprint density at radius 2 is 1.58 bits per heavy atom. The Bertz CT molecular complexity index is 364. The topological polar surface area (TPSA) is 109 Å². The van der Waals surface area contributed by atoms with E-state index in [9.17, 15) is 21.2 Å². The third-order valence-electron chi connectivity index (χ3n) is 0.686. The number of rotatable bonds is 3. The Morgan fingerprint density at radius 3 is 1.83 bits per heavy atom. The van der Waals surface area contributed by atoms with Crippen LogP contribution in [0.25, 0.3) is 0 Å². The molecule has 0 spiro atoms. The molecule has 0 aliphatic heterocycles. The first-order valence-corrected chi connectivity index (χ1v) is 5.39. The van der Waals surface area contributed by atoms with Crippen molar-refractivity contribution in [2.45, 2.75) is 5.50 Å². The summed E-state index contributed by atoms with van der Waals surface area (Å²) < 4.78 is 67.6. The molecule has 1 unspecified atom stereocenters. The Labute approximate surface area is 68.2 Å². The van der Waals surface area contributed by atoms with Gasteiger partial charge in [-0.3, -0.25) is 9.11 Å². The number of hydrogen-bond donors (Lipinski definition) is 2. The van der Waals surface area contributed by atoms with E-state index in [2.05, 4.69) is 0 Å². The molecule has 0 amide bonds. The summed E-state index contributed by atoms with van der Waals surface area (Å²) in [5.41, 5.74) is -2.86. The minimum atomic E-state index is -4.95.